The minimum Gasteiger partial charge on any atom is -0.310 e. The van der Waals surface area contributed by atoms with Crippen LogP contribution in [0, 0.1) is 0 Å². The van der Waals surface area contributed by atoms with Gasteiger partial charge in [-0.25, -0.2) is 0 Å². The molecule has 3 heteroatoms. The maximum Gasteiger partial charge on any atom is 0.0540 e. The third-order valence-electron chi connectivity index (χ3n) is 6.93. The molecule has 0 spiro atoms. The van der Waals surface area contributed by atoms with Gasteiger partial charge in [-0.2, -0.15) is 0 Å². The Morgan fingerprint density at radius 2 is 1.11 bits per heavy atom. The highest BCUT2D eigenvalue weighted by molar-refractivity contribution is 9.10. The molecule has 0 amide bonds. The summed E-state index contributed by atoms with van der Waals surface area (Å²) in [5.41, 5.74) is 5.87. The molecule has 176 valence electrons. The first-order chi connectivity index (χ1) is 18.2. The molecule has 1 heterocycles. The zero-order chi connectivity index (χ0) is 24.8. The van der Waals surface area contributed by atoms with E-state index in [9.17, 15) is 0 Å². The summed E-state index contributed by atoms with van der Waals surface area (Å²) in [6.07, 6.45) is 0. The Bertz CT molecular complexity index is 1880. The number of halogens is 1. The van der Waals surface area contributed by atoms with E-state index < -0.39 is 0 Å². The van der Waals surface area contributed by atoms with Crippen molar-refractivity contribution in [2.75, 3.05) is 4.90 Å². The van der Waals surface area contributed by atoms with Crippen LogP contribution in [0.15, 0.2) is 138 Å². The van der Waals surface area contributed by atoms with Gasteiger partial charge >= 0.3 is 0 Å². The van der Waals surface area contributed by atoms with Crippen LogP contribution >= 0.6 is 27.3 Å². The summed E-state index contributed by atoms with van der Waals surface area (Å²) in [4.78, 5) is 2.39. The second-order valence-corrected chi connectivity index (χ2v) is 11.2. The molecule has 0 aliphatic heterocycles. The van der Waals surface area contributed by atoms with E-state index in [2.05, 4.69) is 154 Å². The van der Waals surface area contributed by atoms with Crippen molar-refractivity contribution in [3.8, 4) is 11.1 Å². The summed E-state index contributed by atoms with van der Waals surface area (Å²) in [5.74, 6) is 0. The number of hydrogen-bond donors (Lipinski definition) is 0. The normalized spacial score (nSPS) is 11.4. The number of rotatable bonds is 4. The molecule has 0 aliphatic carbocycles. The summed E-state index contributed by atoms with van der Waals surface area (Å²) in [5, 5.41) is 5.08. The Hall–Kier alpha value is -3.92. The fourth-order valence-electron chi connectivity index (χ4n) is 5.13. The van der Waals surface area contributed by atoms with Gasteiger partial charge in [-0.1, -0.05) is 94.8 Å². The lowest BCUT2D eigenvalue weighted by Gasteiger charge is -2.27. The molecule has 0 unspecified atom stereocenters. The first-order valence-corrected chi connectivity index (χ1v) is 13.9. The van der Waals surface area contributed by atoms with Gasteiger partial charge in [0.15, 0.2) is 0 Å². The molecule has 1 nitrogen and oxygen atoms in total. The minimum absolute atomic E-state index is 1.09. The van der Waals surface area contributed by atoms with Gasteiger partial charge < -0.3 is 4.90 Å². The fraction of sp³-hybridized carbons (Fsp3) is 0. The van der Waals surface area contributed by atoms with Crippen molar-refractivity contribution in [3.05, 3.63) is 138 Å². The Morgan fingerprint density at radius 3 is 1.92 bits per heavy atom. The highest BCUT2D eigenvalue weighted by Crippen LogP contribution is 2.42. The van der Waals surface area contributed by atoms with Crippen LogP contribution in [0.3, 0.4) is 0 Å². The van der Waals surface area contributed by atoms with Crippen molar-refractivity contribution >= 4 is 75.3 Å². The van der Waals surface area contributed by atoms with E-state index in [0.717, 1.165) is 15.8 Å². The predicted octanol–water partition coefficient (Wildman–Crippen LogP) is 11.1. The first kappa shape index (κ1) is 22.3. The Labute approximate surface area is 228 Å². The van der Waals surface area contributed by atoms with Crippen molar-refractivity contribution in [3.63, 3.8) is 0 Å². The minimum atomic E-state index is 1.09. The van der Waals surface area contributed by atoms with Gasteiger partial charge in [0.25, 0.3) is 0 Å². The predicted molar refractivity (Wildman–Crippen MR) is 165 cm³/mol. The van der Waals surface area contributed by atoms with Gasteiger partial charge in [0.1, 0.15) is 0 Å². The van der Waals surface area contributed by atoms with E-state index in [1.54, 1.807) is 0 Å². The van der Waals surface area contributed by atoms with Gasteiger partial charge in [-0.3, -0.25) is 0 Å². The van der Waals surface area contributed by atoms with Gasteiger partial charge in [0.2, 0.25) is 0 Å². The van der Waals surface area contributed by atoms with Gasteiger partial charge in [-0.05, 0) is 71.1 Å². The van der Waals surface area contributed by atoms with Crippen LogP contribution in [0.2, 0.25) is 0 Å². The molecule has 0 saturated carbocycles. The topological polar surface area (TPSA) is 3.24 Å². The smallest absolute Gasteiger partial charge is 0.0540 e. The molecule has 0 saturated heterocycles. The van der Waals surface area contributed by atoms with Crippen LogP contribution in [0.25, 0.3) is 42.1 Å². The third-order valence-corrected chi connectivity index (χ3v) is 8.61. The summed E-state index contributed by atoms with van der Waals surface area (Å²) < 4.78 is 3.73. The van der Waals surface area contributed by atoms with Crippen molar-refractivity contribution in [2.24, 2.45) is 0 Å². The van der Waals surface area contributed by atoms with Gasteiger partial charge in [0.05, 0.1) is 5.69 Å². The van der Waals surface area contributed by atoms with E-state index in [1.165, 1.54) is 47.8 Å². The van der Waals surface area contributed by atoms with Crippen molar-refractivity contribution in [1.29, 1.82) is 0 Å². The lowest BCUT2D eigenvalue weighted by molar-refractivity contribution is 1.30. The SMILES string of the molecule is Brc1ccc(-c2ccc(N(c3ccc4sc5ccccc5c4c3)c3cccc4ccccc34)cc2)cc1. The van der Waals surface area contributed by atoms with E-state index in [0.29, 0.717) is 0 Å². The van der Waals surface area contributed by atoms with Crippen LogP contribution in [-0.4, -0.2) is 0 Å². The molecule has 0 radical (unpaired) electrons. The van der Waals surface area contributed by atoms with Crippen molar-refractivity contribution < 1.29 is 0 Å². The Kier molecular flexibility index (Phi) is 5.53. The fourth-order valence-corrected chi connectivity index (χ4v) is 6.48. The quantitative estimate of drug-likeness (QED) is 0.208. The first-order valence-electron chi connectivity index (χ1n) is 12.3. The summed E-state index contributed by atoms with van der Waals surface area (Å²) in [6, 6.07) is 48.1. The third kappa shape index (κ3) is 4.01. The zero-order valence-corrected chi connectivity index (χ0v) is 22.3. The molecule has 1 aromatic heterocycles. The van der Waals surface area contributed by atoms with E-state index >= 15 is 0 Å². The highest BCUT2D eigenvalue weighted by Gasteiger charge is 2.17. The van der Waals surface area contributed by atoms with Crippen LogP contribution in [0.5, 0.6) is 0 Å². The molecule has 0 bridgehead atoms. The maximum absolute atomic E-state index is 3.54. The molecule has 6 aromatic carbocycles. The molecule has 0 aliphatic rings. The molecule has 0 N–H and O–H groups in total. The molecule has 7 aromatic rings. The molecular weight excluding hydrogens is 534 g/mol. The van der Waals surface area contributed by atoms with Crippen LogP contribution in [0.1, 0.15) is 0 Å². The lowest BCUT2D eigenvalue weighted by atomic mass is 10.0. The summed E-state index contributed by atoms with van der Waals surface area (Å²) in [6.45, 7) is 0. The molecule has 0 fully saturated rings. The molecule has 0 atom stereocenters. The Balaban J connectivity index is 1.43. The zero-order valence-electron chi connectivity index (χ0n) is 19.9. The standard InChI is InChI=1S/C34H22BrNS/c35-26-16-12-23(13-17-26)24-14-18-27(19-15-24)36(32-10-5-7-25-6-1-2-8-29(25)32)28-20-21-34-31(22-28)30-9-3-4-11-33(30)37-34/h1-22H. The average molecular weight is 557 g/mol. The van der Waals surface area contributed by atoms with E-state index in [-0.39, 0.29) is 0 Å². The van der Waals surface area contributed by atoms with Crippen LogP contribution < -0.4 is 4.90 Å². The summed E-state index contributed by atoms with van der Waals surface area (Å²) in [7, 11) is 0. The molecule has 7 rings (SSSR count). The second-order valence-electron chi connectivity index (χ2n) is 9.17. The van der Waals surface area contributed by atoms with Crippen LogP contribution in [-0.2, 0) is 0 Å². The number of anilines is 3. The number of hydrogen-bond acceptors (Lipinski definition) is 2. The van der Waals surface area contributed by atoms with Crippen molar-refractivity contribution in [1.82, 2.24) is 0 Å². The van der Waals surface area contributed by atoms with E-state index in [1.807, 2.05) is 11.3 Å². The highest BCUT2D eigenvalue weighted by atomic mass is 79.9. The Morgan fingerprint density at radius 1 is 0.486 bits per heavy atom. The molecule has 37 heavy (non-hydrogen) atoms. The number of thiophene rings is 1. The summed E-state index contributed by atoms with van der Waals surface area (Å²) >= 11 is 5.40. The monoisotopic (exact) mass is 555 g/mol. The second kappa shape index (κ2) is 9.19. The lowest BCUT2D eigenvalue weighted by Crippen LogP contribution is -2.10. The van der Waals surface area contributed by atoms with Crippen molar-refractivity contribution in [2.45, 2.75) is 0 Å². The molecular formula is C34H22BrNS. The van der Waals surface area contributed by atoms with Crippen LogP contribution in [0.4, 0.5) is 17.1 Å². The number of nitrogens with zero attached hydrogens (tertiary/aromatic N) is 1. The van der Waals surface area contributed by atoms with Gasteiger partial charge in [-0.15, -0.1) is 11.3 Å². The van der Waals surface area contributed by atoms with Gasteiger partial charge in [0, 0.05) is 41.4 Å². The average Bonchev–Trinajstić information content (AvgIpc) is 3.32. The number of fused-ring (bicyclic) bond motifs is 4. The van der Waals surface area contributed by atoms with E-state index in [4.69, 9.17) is 0 Å². The number of benzene rings is 6. The maximum atomic E-state index is 3.54. The largest absolute Gasteiger partial charge is 0.310 e.